The molecule has 0 aromatic heterocycles. The van der Waals surface area contributed by atoms with Crippen LogP contribution in [0.2, 0.25) is 0 Å². The van der Waals surface area contributed by atoms with E-state index in [2.05, 4.69) is 29.8 Å². The van der Waals surface area contributed by atoms with Gasteiger partial charge in [0.25, 0.3) is 0 Å². The minimum absolute atomic E-state index is 0.0178. The zero-order chi connectivity index (χ0) is 21.6. The van der Waals surface area contributed by atoms with Crippen molar-refractivity contribution in [2.45, 2.75) is 50.8 Å². The predicted molar refractivity (Wildman–Crippen MR) is 119 cm³/mol. The van der Waals surface area contributed by atoms with Crippen LogP contribution in [0.1, 0.15) is 45.1 Å². The molecule has 0 N–H and O–H groups in total. The lowest BCUT2D eigenvalue weighted by Gasteiger charge is -2.35. The summed E-state index contributed by atoms with van der Waals surface area (Å²) in [5, 5.41) is 0. The Labute approximate surface area is 187 Å². The molecule has 6 nitrogen and oxygen atoms in total. The minimum Gasteiger partial charge on any atom is -0.342 e. The summed E-state index contributed by atoms with van der Waals surface area (Å²) < 4.78 is 26.7. The first-order chi connectivity index (χ1) is 14.2. The largest absolute Gasteiger partial charge is 0.342 e. The summed E-state index contributed by atoms with van der Waals surface area (Å²) in [6.45, 7) is 6.25. The number of halogens is 1. The van der Waals surface area contributed by atoms with Gasteiger partial charge in [0, 0.05) is 42.1 Å². The molecule has 30 heavy (non-hydrogen) atoms. The Hall–Kier alpha value is -1.41. The second-order valence-electron chi connectivity index (χ2n) is 9.24. The molecule has 1 saturated heterocycles. The van der Waals surface area contributed by atoms with Crippen molar-refractivity contribution in [1.82, 2.24) is 4.90 Å². The van der Waals surface area contributed by atoms with Crippen LogP contribution in [0.4, 0.5) is 5.69 Å². The fourth-order valence-electron chi connectivity index (χ4n) is 4.76. The number of hydrogen-bond donors (Lipinski definition) is 0. The smallest absolute Gasteiger partial charge is 0.230 e. The van der Waals surface area contributed by atoms with E-state index in [1.807, 2.05) is 11.0 Å². The average molecular weight is 497 g/mol. The Kier molecular flexibility index (Phi) is 6.01. The molecule has 1 aromatic rings. The Bertz CT molecular complexity index is 964. The average Bonchev–Trinajstić information content (AvgIpc) is 3.44. The lowest BCUT2D eigenvalue weighted by Crippen LogP contribution is -2.43. The molecule has 164 valence electrons. The SMILES string of the molecule is C[C@H]1C[C@H](C)CN(C(=O)CCS(=O)(=O)c2cc3c(cc2Br)CCN3C(=O)C2CC2)C1. The van der Waals surface area contributed by atoms with E-state index < -0.39 is 9.84 Å². The first kappa shape index (κ1) is 21.8. The van der Waals surface area contributed by atoms with Crippen molar-refractivity contribution in [2.24, 2.45) is 17.8 Å². The molecule has 4 rings (SSSR count). The molecule has 2 amide bonds. The number of fused-ring (bicyclic) bond motifs is 1. The number of benzene rings is 1. The van der Waals surface area contributed by atoms with Crippen LogP contribution in [0.15, 0.2) is 21.5 Å². The van der Waals surface area contributed by atoms with Gasteiger partial charge in [-0.1, -0.05) is 13.8 Å². The summed E-state index contributed by atoms with van der Waals surface area (Å²) in [6.07, 6.45) is 3.65. The molecular formula is C22H29BrN2O4S. The van der Waals surface area contributed by atoms with Crippen molar-refractivity contribution in [3.05, 3.63) is 22.2 Å². The third kappa shape index (κ3) is 4.44. The summed E-state index contributed by atoms with van der Waals surface area (Å²) in [5.74, 6) is 0.749. The Morgan fingerprint density at radius 2 is 1.80 bits per heavy atom. The van der Waals surface area contributed by atoms with Gasteiger partial charge in [0.05, 0.1) is 10.6 Å². The van der Waals surface area contributed by atoms with Crippen LogP contribution >= 0.6 is 15.9 Å². The topological polar surface area (TPSA) is 74.8 Å². The van der Waals surface area contributed by atoms with Crippen LogP contribution in [0.5, 0.6) is 0 Å². The highest BCUT2D eigenvalue weighted by atomic mass is 79.9. The summed E-state index contributed by atoms with van der Waals surface area (Å²) in [7, 11) is -3.66. The molecule has 2 fully saturated rings. The molecule has 1 aromatic carbocycles. The lowest BCUT2D eigenvalue weighted by molar-refractivity contribution is -0.133. The van der Waals surface area contributed by atoms with E-state index in [1.165, 1.54) is 0 Å². The monoisotopic (exact) mass is 496 g/mol. The maximum atomic E-state index is 13.1. The number of nitrogens with zero attached hydrogens (tertiary/aromatic N) is 2. The van der Waals surface area contributed by atoms with Crippen LogP contribution in [-0.4, -0.2) is 50.5 Å². The highest BCUT2D eigenvalue weighted by molar-refractivity contribution is 9.10. The lowest BCUT2D eigenvalue weighted by atomic mass is 9.92. The minimum atomic E-state index is -3.66. The maximum absolute atomic E-state index is 13.1. The van der Waals surface area contributed by atoms with Gasteiger partial charge in [-0.15, -0.1) is 0 Å². The van der Waals surface area contributed by atoms with E-state index in [-0.39, 0.29) is 34.8 Å². The molecule has 1 saturated carbocycles. The van der Waals surface area contributed by atoms with E-state index in [0.29, 0.717) is 41.6 Å². The standard InChI is InChI=1S/C22H29BrN2O4S/c1-14-9-15(2)13-24(12-14)21(26)6-8-30(28,29)20-11-19-17(10-18(20)23)5-7-25(19)22(27)16-3-4-16/h10-11,14-16H,3-9,12-13H2,1-2H3/t14-,15-/m0/s1. The molecule has 1 aliphatic carbocycles. The molecule has 0 spiro atoms. The fourth-order valence-corrected chi connectivity index (χ4v) is 7.20. The highest BCUT2D eigenvalue weighted by Crippen LogP contribution is 2.39. The quantitative estimate of drug-likeness (QED) is 0.625. The van der Waals surface area contributed by atoms with E-state index in [0.717, 1.165) is 31.2 Å². The van der Waals surface area contributed by atoms with Gasteiger partial charge in [-0.2, -0.15) is 0 Å². The number of anilines is 1. The Morgan fingerprint density at radius 1 is 1.13 bits per heavy atom. The van der Waals surface area contributed by atoms with Crippen molar-refractivity contribution >= 4 is 43.3 Å². The molecule has 2 heterocycles. The van der Waals surface area contributed by atoms with E-state index in [4.69, 9.17) is 0 Å². The number of carbonyl (C=O) groups excluding carboxylic acids is 2. The van der Waals surface area contributed by atoms with Gasteiger partial charge in [0.15, 0.2) is 9.84 Å². The number of likely N-dealkylation sites (tertiary alicyclic amines) is 1. The van der Waals surface area contributed by atoms with Gasteiger partial charge in [-0.05, 0) is 71.1 Å². The van der Waals surface area contributed by atoms with Crippen LogP contribution in [0.3, 0.4) is 0 Å². The molecule has 3 aliphatic rings. The van der Waals surface area contributed by atoms with Crippen LogP contribution in [0.25, 0.3) is 0 Å². The van der Waals surface area contributed by atoms with Gasteiger partial charge in [-0.3, -0.25) is 9.59 Å². The second-order valence-corrected chi connectivity index (χ2v) is 12.2. The van der Waals surface area contributed by atoms with Crippen LogP contribution in [-0.2, 0) is 25.8 Å². The van der Waals surface area contributed by atoms with Crippen molar-refractivity contribution < 1.29 is 18.0 Å². The Balaban J connectivity index is 1.49. The third-order valence-electron chi connectivity index (χ3n) is 6.36. The van der Waals surface area contributed by atoms with E-state index in [9.17, 15) is 18.0 Å². The normalized spacial score (nSPS) is 24.1. The molecule has 0 bridgehead atoms. The molecule has 0 unspecified atom stereocenters. The number of rotatable bonds is 5. The van der Waals surface area contributed by atoms with E-state index in [1.54, 1.807) is 11.0 Å². The number of hydrogen-bond acceptors (Lipinski definition) is 4. The van der Waals surface area contributed by atoms with E-state index >= 15 is 0 Å². The van der Waals surface area contributed by atoms with Gasteiger partial charge < -0.3 is 9.80 Å². The zero-order valence-electron chi connectivity index (χ0n) is 17.6. The second kappa shape index (κ2) is 8.26. The Morgan fingerprint density at radius 3 is 2.43 bits per heavy atom. The van der Waals surface area contributed by atoms with Crippen molar-refractivity contribution in [2.75, 3.05) is 30.3 Å². The van der Waals surface area contributed by atoms with Crippen molar-refractivity contribution in [3.63, 3.8) is 0 Å². The molecule has 2 atom stereocenters. The van der Waals surface area contributed by atoms with Gasteiger partial charge in [0.1, 0.15) is 0 Å². The molecule has 8 heteroatoms. The molecule has 0 radical (unpaired) electrons. The molecular weight excluding hydrogens is 468 g/mol. The first-order valence-electron chi connectivity index (χ1n) is 10.8. The third-order valence-corrected chi connectivity index (χ3v) is 9.03. The summed E-state index contributed by atoms with van der Waals surface area (Å²) >= 11 is 3.41. The highest BCUT2D eigenvalue weighted by Gasteiger charge is 2.37. The number of carbonyl (C=O) groups is 2. The maximum Gasteiger partial charge on any atom is 0.230 e. The van der Waals surface area contributed by atoms with Gasteiger partial charge in [0.2, 0.25) is 11.8 Å². The summed E-state index contributed by atoms with van der Waals surface area (Å²) in [6, 6.07) is 3.44. The van der Waals surface area contributed by atoms with Gasteiger partial charge in [-0.25, -0.2) is 8.42 Å². The van der Waals surface area contributed by atoms with Crippen molar-refractivity contribution in [1.29, 1.82) is 0 Å². The summed E-state index contributed by atoms with van der Waals surface area (Å²) in [5.41, 5.74) is 1.70. The van der Waals surface area contributed by atoms with Crippen LogP contribution < -0.4 is 4.90 Å². The number of amides is 2. The zero-order valence-corrected chi connectivity index (χ0v) is 20.0. The predicted octanol–water partition coefficient (Wildman–Crippen LogP) is 3.42. The first-order valence-corrected chi connectivity index (χ1v) is 13.2. The number of piperidine rings is 1. The molecule has 2 aliphatic heterocycles. The number of sulfone groups is 1. The fraction of sp³-hybridized carbons (Fsp3) is 0.636. The van der Waals surface area contributed by atoms with Gasteiger partial charge >= 0.3 is 0 Å². The van der Waals surface area contributed by atoms with Crippen LogP contribution in [0, 0.1) is 17.8 Å². The van der Waals surface area contributed by atoms with Crippen molar-refractivity contribution in [3.8, 4) is 0 Å². The summed E-state index contributed by atoms with van der Waals surface area (Å²) in [4.78, 5) is 28.9.